The molecule has 1 unspecified atom stereocenters. The molecule has 178 valence electrons. The predicted molar refractivity (Wildman–Crippen MR) is 122 cm³/mol. The van der Waals surface area contributed by atoms with Crippen LogP contribution in [0.1, 0.15) is 18.9 Å². The van der Waals surface area contributed by atoms with E-state index >= 15 is 0 Å². The molecule has 0 aliphatic carbocycles. The number of carbonyl (C=O) groups is 2. The number of fused-ring (bicyclic) bond motifs is 1. The summed E-state index contributed by atoms with van der Waals surface area (Å²) < 4.78 is 33.7. The third-order valence-corrected chi connectivity index (χ3v) is 6.04. The number of likely N-dealkylation sites (tertiary alicyclic amines) is 1. The molecule has 1 amide bonds. The standard InChI is InChI=1S/C25H24F2N2O5/c1-14-5-3-4-6-18(14)21-11-28-22(30)20-9-17(7-8-19(20)21)34-15(2)23(31)29-12-16(24(32)33)10-25(26,27)13-29/h3-9,11,15-16H,10,12-13H2,1-2H3,(H,28,30)(H,32,33)/t15-,16?/m0/s1. The molecule has 1 saturated heterocycles. The van der Waals surface area contributed by atoms with Crippen LogP contribution in [0.5, 0.6) is 5.75 Å². The van der Waals surface area contributed by atoms with Crippen molar-refractivity contribution in [3.63, 3.8) is 0 Å². The summed E-state index contributed by atoms with van der Waals surface area (Å²) in [6.07, 6.45) is -0.313. The topological polar surface area (TPSA) is 99.7 Å². The average Bonchev–Trinajstić information content (AvgIpc) is 2.78. The van der Waals surface area contributed by atoms with Gasteiger partial charge in [-0.1, -0.05) is 24.3 Å². The molecular formula is C25H24F2N2O5. The Hall–Kier alpha value is -3.75. The van der Waals surface area contributed by atoms with Gasteiger partial charge in [0, 0.05) is 24.7 Å². The molecular weight excluding hydrogens is 446 g/mol. The Balaban J connectivity index is 1.59. The van der Waals surface area contributed by atoms with Gasteiger partial charge in [-0.05, 0) is 48.6 Å². The Labute approximate surface area is 194 Å². The van der Waals surface area contributed by atoms with Crippen LogP contribution in [0, 0.1) is 12.8 Å². The minimum absolute atomic E-state index is 0.222. The number of benzene rings is 2. The molecule has 2 aromatic carbocycles. The molecule has 1 aromatic heterocycles. The fourth-order valence-corrected chi connectivity index (χ4v) is 4.35. The van der Waals surface area contributed by atoms with Crippen molar-refractivity contribution in [2.75, 3.05) is 13.1 Å². The van der Waals surface area contributed by atoms with E-state index in [1.165, 1.54) is 13.0 Å². The largest absolute Gasteiger partial charge is 0.481 e. The van der Waals surface area contributed by atoms with Gasteiger partial charge in [0.1, 0.15) is 5.75 Å². The zero-order chi connectivity index (χ0) is 24.6. The van der Waals surface area contributed by atoms with E-state index in [0.717, 1.165) is 21.6 Å². The molecule has 7 nitrogen and oxygen atoms in total. The second kappa shape index (κ2) is 8.89. The van der Waals surface area contributed by atoms with Gasteiger partial charge in [-0.15, -0.1) is 0 Å². The summed E-state index contributed by atoms with van der Waals surface area (Å²) in [7, 11) is 0. The van der Waals surface area contributed by atoms with Crippen molar-refractivity contribution >= 4 is 22.6 Å². The van der Waals surface area contributed by atoms with Crippen LogP contribution in [0.15, 0.2) is 53.5 Å². The highest BCUT2D eigenvalue weighted by atomic mass is 19.3. The predicted octanol–water partition coefficient (Wildman–Crippen LogP) is 3.84. The summed E-state index contributed by atoms with van der Waals surface area (Å²) in [5, 5.41) is 10.2. The first-order valence-electron chi connectivity index (χ1n) is 10.8. The second-order valence-corrected chi connectivity index (χ2v) is 8.63. The fourth-order valence-electron chi connectivity index (χ4n) is 4.35. The third-order valence-electron chi connectivity index (χ3n) is 6.04. The van der Waals surface area contributed by atoms with Crippen molar-refractivity contribution in [1.82, 2.24) is 9.88 Å². The molecule has 3 aromatic rings. The molecule has 2 N–H and O–H groups in total. The van der Waals surface area contributed by atoms with Crippen LogP contribution in [0.3, 0.4) is 0 Å². The van der Waals surface area contributed by atoms with Crippen LogP contribution in [-0.2, 0) is 9.59 Å². The van der Waals surface area contributed by atoms with Crippen molar-refractivity contribution in [3.05, 3.63) is 64.6 Å². The van der Waals surface area contributed by atoms with Gasteiger partial charge in [0.15, 0.2) is 6.10 Å². The number of aromatic nitrogens is 1. The molecule has 0 saturated carbocycles. The quantitative estimate of drug-likeness (QED) is 0.590. The number of ether oxygens (including phenoxy) is 1. The van der Waals surface area contributed by atoms with E-state index in [9.17, 15) is 23.2 Å². The number of aryl methyl sites for hydroxylation is 1. The number of hydrogen-bond acceptors (Lipinski definition) is 4. The number of amides is 1. The monoisotopic (exact) mass is 470 g/mol. The number of carboxylic acids is 1. The molecule has 34 heavy (non-hydrogen) atoms. The number of alkyl halides is 2. The van der Waals surface area contributed by atoms with Gasteiger partial charge in [0.2, 0.25) is 0 Å². The SMILES string of the molecule is Cc1ccccc1-c1c[nH]c(=O)c2cc(O[C@@H](C)C(=O)N3CC(C(=O)O)CC(F)(F)C3)ccc12. The lowest BCUT2D eigenvalue weighted by molar-refractivity contribution is -0.162. The zero-order valence-electron chi connectivity index (χ0n) is 18.7. The van der Waals surface area contributed by atoms with Crippen LogP contribution in [-0.4, -0.2) is 52.0 Å². The minimum Gasteiger partial charge on any atom is -0.481 e. The number of H-pyrrole nitrogens is 1. The molecule has 1 aliphatic heterocycles. The molecule has 2 heterocycles. The summed E-state index contributed by atoms with van der Waals surface area (Å²) in [4.78, 5) is 40.1. The Bertz CT molecular complexity index is 1320. The number of hydrogen-bond donors (Lipinski definition) is 2. The number of rotatable bonds is 5. The van der Waals surface area contributed by atoms with Gasteiger partial charge in [-0.25, -0.2) is 8.78 Å². The number of carboxylic acid groups (broad SMARTS) is 1. The molecule has 2 atom stereocenters. The third kappa shape index (κ3) is 4.64. The minimum atomic E-state index is -3.29. The molecule has 1 aliphatic rings. The highest BCUT2D eigenvalue weighted by Gasteiger charge is 2.45. The lowest BCUT2D eigenvalue weighted by Gasteiger charge is -2.37. The number of nitrogens with zero attached hydrogens (tertiary/aromatic N) is 1. The number of nitrogens with one attached hydrogen (secondary N) is 1. The van der Waals surface area contributed by atoms with Crippen molar-refractivity contribution in [2.24, 2.45) is 5.92 Å². The number of aliphatic carboxylic acids is 1. The average molecular weight is 470 g/mol. The van der Waals surface area contributed by atoms with Gasteiger partial charge < -0.3 is 19.7 Å². The summed E-state index contributed by atoms with van der Waals surface area (Å²) in [5.41, 5.74) is 2.49. The molecule has 0 radical (unpaired) electrons. The van der Waals surface area contributed by atoms with Gasteiger partial charge >= 0.3 is 5.97 Å². The maximum Gasteiger partial charge on any atom is 0.308 e. The number of pyridine rings is 1. The van der Waals surface area contributed by atoms with E-state index in [1.54, 1.807) is 18.3 Å². The Morgan fingerprint density at radius 1 is 1.18 bits per heavy atom. The van der Waals surface area contributed by atoms with Gasteiger partial charge in [0.25, 0.3) is 17.4 Å². The molecule has 4 rings (SSSR count). The van der Waals surface area contributed by atoms with Gasteiger partial charge in [0.05, 0.1) is 17.8 Å². The number of piperidine rings is 1. The van der Waals surface area contributed by atoms with Crippen molar-refractivity contribution in [1.29, 1.82) is 0 Å². The summed E-state index contributed by atoms with van der Waals surface area (Å²) in [6, 6.07) is 12.6. The maximum absolute atomic E-state index is 14.0. The molecule has 1 fully saturated rings. The smallest absolute Gasteiger partial charge is 0.308 e. The van der Waals surface area contributed by atoms with Gasteiger partial charge in [-0.2, -0.15) is 0 Å². The number of halogens is 2. The van der Waals surface area contributed by atoms with Crippen molar-refractivity contribution in [3.8, 4) is 16.9 Å². The van der Waals surface area contributed by atoms with Gasteiger partial charge in [-0.3, -0.25) is 14.4 Å². The molecule has 0 spiro atoms. The summed E-state index contributed by atoms with van der Waals surface area (Å²) in [5.74, 6) is -6.53. The van der Waals surface area contributed by atoms with Crippen LogP contribution in [0.4, 0.5) is 8.78 Å². The first-order valence-corrected chi connectivity index (χ1v) is 10.8. The lowest BCUT2D eigenvalue weighted by Crippen LogP contribution is -2.54. The van der Waals surface area contributed by atoms with E-state index < -0.39 is 42.8 Å². The molecule has 0 bridgehead atoms. The van der Waals surface area contributed by atoms with E-state index in [0.29, 0.717) is 10.8 Å². The van der Waals surface area contributed by atoms with Crippen LogP contribution in [0.25, 0.3) is 21.9 Å². The normalized spacial score (nSPS) is 18.5. The lowest BCUT2D eigenvalue weighted by atomic mass is 9.95. The zero-order valence-corrected chi connectivity index (χ0v) is 18.7. The maximum atomic E-state index is 14.0. The van der Waals surface area contributed by atoms with Crippen LogP contribution < -0.4 is 10.3 Å². The number of carbonyl (C=O) groups excluding carboxylic acids is 1. The second-order valence-electron chi connectivity index (χ2n) is 8.63. The van der Waals surface area contributed by atoms with Crippen molar-refractivity contribution < 1.29 is 28.2 Å². The summed E-state index contributed by atoms with van der Waals surface area (Å²) in [6.45, 7) is 2.20. The first-order chi connectivity index (χ1) is 16.1. The fraction of sp³-hybridized carbons (Fsp3) is 0.320. The Kier molecular flexibility index (Phi) is 6.12. The highest BCUT2D eigenvalue weighted by Crippen LogP contribution is 2.32. The van der Waals surface area contributed by atoms with E-state index in [1.807, 2.05) is 31.2 Å². The first kappa shape index (κ1) is 23.4. The Morgan fingerprint density at radius 2 is 1.91 bits per heavy atom. The van der Waals surface area contributed by atoms with E-state index in [4.69, 9.17) is 9.84 Å². The van der Waals surface area contributed by atoms with Crippen LogP contribution in [0.2, 0.25) is 0 Å². The van der Waals surface area contributed by atoms with E-state index in [2.05, 4.69) is 4.98 Å². The Morgan fingerprint density at radius 3 is 2.62 bits per heavy atom. The summed E-state index contributed by atoms with van der Waals surface area (Å²) >= 11 is 0. The highest BCUT2D eigenvalue weighted by molar-refractivity contribution is 5.97. The van der Waals surface area contributed by atoms with Crippen LogP contribution >= 0.6 is 0 Å². The number of aromatic amines is 1. The van der Waals surface area contributed by atoms with E-state index in [-0.39, 0.29) is 17.9 Å². The molecule has 9 heteroatoms. The van der Waals surface area contributed by atoms with Crippen molar-refractivity contribution in [2.45, 2.75) is 32.3 Å².